The second-order valence-corrected chi connectivity index (χ2v) is 11.3. The second kappa shape index (κ2) is 16.7. The van der Waals surface area contributed by atoms with E-state index < -0.39 is 6.17 Å². The molecule has 0 spiro atoms. The Labute approximate surface area is 285 Å². The molecule has 1 unspecified atom stereocenters. The van der Waals surface area contributed by atoms with Crippen molar-refractivity contribution in [3.05, 3.63) is 106 Å². The SMILES string of the molecule is COc1cc(/C=C\c2cc(OC)c(OCCCCOc3ccc(C4NC(=O)c5ccccc5N4)cc3CO)c(OC)c2)cc(CO)c1CO. The number of methoxy groups -OCH3 is 3. The molecule has 0 radical (unpaired) electrons. The number of hydrogen-bond acceptors (Lipinski definition) is 10. The molecule has 1 amide bonds. The van der Waals surface area contributed by atoms with Gasteiger partial charge >= 0.3 is 0 Å². The molecule has 0 saturated carbocycles. The Hall–Kier alpha value is -5.23. The first-order valence-electron chi connectivity index (χ1n) is 15.9. The van der Waals surface area contributed by atoms with Gasteiger partial charge in [-0.2, -0.15) is 0 Å². The van der Waals surface area contributed by atoms with Gasteiger partial charge in [0.15, 0.2) is 11.5 Å². The average molecular weight is 671 g/mol. The van der Waals surface area contributed by atoms with Crippen LogP contribution in [-0.2, 0) is 19.8 Å². The number of nitrogens with one attached hydrogen (secondary N) is 2. The van der Waals surface area contributed by atoms with Crippen molar-refractivity contribution >= 4 is 23.7 Å². The minimum Gasteiger partial charge on any atom is -0.496 e. The standard InChI is InChI=1S/C38H42N2O9/c1-45-33-17-24(16-27(21-41)30(33)23-43)10-11-25-18-34(46-2)36(35(19-25)47-3)49-15-7-6-14-48-32-13-12-26(20-28(32)22-42)37-39-31-9-5-4-8-29(31)38(44)40-37/h4-5,8-13,16-20,37,39,41-43H,6-7,14-15,21-23H2,1-3H3,(H,40,44)/b11-10-. The Morgan fingerprint density at radius 2 is 1.31 bits per heavy atom. The first-order chi connectivity index (χ1) is 23.9. The summed E-state index contributed by atoms with van der Waals surface area (Å²) in [4.78, 5) is 12.6. The summed E-state index contributed by atoms with van der Waals surface area (Å²) in [5.74, 6) is 2.44. The average Bonchev–Trinajstić information content (AvgIpc) is 3.14. The monoisotopic (exact) mass is 670 g/mol. The first-order valence-corrected chi connectivity index (χ1v) is 15.9. The lowest BCUT2D eigenvalue weighted by atomic mass is 10.0. The summed E-state index contributed by atoms with van der Waals surface area (Å²) in [6.45, 7) is 0.152. The van der Waals surface area contributed by atoms with Gasteiger partial charge in [-0.3, -0.25) is 4.79 Å². The third kappa shape index (κ3) is 8.26. The third-order valence-electron chi connectivity index (χ3n) is 8.20. The summed E-state index contributed by atoms with van der Waals surface area (Å²) in [5, 5.41) is 35.7. The van der Waals surface area contributed by atoms with E-state index >= 15 is 0 Å². The van der Waals surface area contributed by atoms with E-state index in [9.17, 15) is 20.1 Å². The highest BCUT2D eigenvalue weighted by molar-refractivity contribution is 6.01. The van der Waals surface area contributed by atoms with Crippen LogP contribution in [0.1, 0.15) is 62.7 Å². The predicted octanol–water partition coefficient (Wildman–Crippen LogP) is 5.45. The normalized spacial score (nSPS) is 13.8. The zero-order valence-electron chi connectivity index (χ0n) is 27.8. The summed E-state index contributed by atoms with van der Waals surface area (Å²) in [6, 6.07) is 20.1. The highest BCUT2D eigenvalue weighted by atomic mass is 16.5. The Kier molecular flexibility index (Phi) is 12.0. The van der Waals surface area contributed by atoms with Gasteiger partial charge in [-0.05, 0) is 83.6 Å². The van der Waals surface area contributed by atoms with Crippen LogP contribution in [0.25, 0.3) is 12.2 Å². The number of fused-ring (bicyclic) bond motifs is 1. The van der Waals surface area contributed by atoms with Gasteiger partial charge in [0, 0.05) is 16.8 Å². The Balaban J connectivity index is 1.16. The molecule has 1 atom stereocenters. The maximum atomic E-state index is 12.6. The summed E-state index contributed by atoms with van der Waals surface area (Å²) in [6.07, 6.45) is 4.72. The smallest absolute Gasteiger partial charge is 0.255 e. The van der Waals surface area contributed by atoms with Gasteiger partial charge in [0.2, 0.25) is 5.75 Å². The van der Waals surface area contributed by atoms with Crippen molar-refractivity contribution in [2.75, 3.05) is 39.9 Å². The highest BCUT2D eigenvalue weighted by Gasteiger charge is 2.25. The fourth-order valence-corrected chi connectivity index (χ4v) is 5.63. The zero-order valence-corrected chi connectivity index (χ0v) is 27.8. The molecule has 49 heavy (non-hydrogen) atoms. The molecule has 0 aliphatic carbocycles. The number of aliphatic hydroxyl groups is 3. The number of carbonyl (C=O) groups is 1. The molecule has 0 bridgehead atoms. The van der Waals surface area contributed by atoms with Gasteiger partial charge < -0.3 is 49.6 Å². The van der Waals surface area contributed by atoms with Crippen molar-refractivity contribution in [3.8, 4) is 28.7 Å². The predicted molar refractivity (Wildman–Crippen MR) is 186 cm³/mol. The van der Waals surface area contributed by atoms with Crippen LogP contribution in [0.3, 0.4) is 0 Å². The molecule has 258 valence electrons. The van der Waals surface area contributed by atoms with Crippen molar-refractivity contribution in [2.24, 2.45) is 0 Å². The maximum Gasteiger partial charge on any atom is 0.255 e. The van der Waals surface area contributed by atoms with E-state index in [-0.39, 0.29) is 25.7 Å². The van der Waals surface area contributed by atoms with Crippen molar-refractivity contribution in [1.29, 1.82) is 0 Å². The number of rotatable bonds is 16. The van der Waals surface area contributed by atoms with Crippen LogP contribution in [0.5, 0.6) is 28.7 Å². The molecule has 5 N–H and O–H groups in total. The lowest BCUT2D eigenvalue weighted by Crippen LogP contribution is -2.38. The molecule has 4 aromatic carbocycles. The van der Waals surface area contributed by atoms with Crippen LogP contribution in [0.4, 0.5) is 5.69 Å². The van der Waals surface area contributed by atoms with Crippen LogP contribution < -0.4 is 34.3 Å². The topological polar surface area (TPSA) is 148 Å². The minimum atomic E-state index is -0.424. The molecule has 4 aromatic rings. The van der Waals surface area contributed by atoms with Crippen LogP contribution >= 0.6 is 0 Å². The number of para-hydroxylation sites is 1. The van der Waals surface area contributed by atoms with Gasteiger partial charge in [0.05, 0.1) is 59.9 Å². The van der Waals surface area contributed by atoms with E-state index in [1.807, 2.05) is 60.7 Å². The first kappa shape index (κ1) is 35.1. The van der Waals surface area contributed by atoms with Gasteiger partial charge in [0.25, 0.3) is 5.91 Å². The van der Waals surface area contributed by atoms with Crippen LogP contribution in [-0.4, -0.2) is 55.8 Å². The lowest BCUT2D eigenvalue weighted by molar-refractivity contribution is 0.0935. The Morgan fingerprint density at radius 3 is 1.96 bits per heavy atom. The second-order valence-electron chi connectivity index (χ2n) is 11.3. The van der Waals surface area contributed by atoms with Crippen molar-refractivity contribution in [3.63, 3.8) is 0 Å². The maximum absolute atomic E-state index is 12.6. The third-order valence-corrected chi connectivity index (χ3v) is 8.20. The fraction of sp³-hybridized carbons (Fsp3) is 0.289. The van der Waals surface area contributed by atoms with Crippen molar-refractivity contribution < 1.29 is 43.8 Å². The molecule has 1 heterocycles. The van der Waals surface area contributed by atoms with E-state index in [4.69, 9.17) is 23.7 Å². The summed E-state index contributed by atoms with van der Waals surface area (Å²) < 4.78 is 28.7. The van der Waals surface area contributed by atoms with Crippen LogP contribution in [0.15, 0.2) is 66.7 Å². The Morgan fingerprint density at radius 1 is 0.673 bits per heavy atom. The zero-order chi connectivity index (χ0) is 34.8. The molecule has 0 fully saturated rings. The van der Waals surface area contributed by atoms with Crippen LogP contribution in [0, 0.1) is 0 Å². The molecule has 1 aliphatic rings. The number of benzene rings is 4. The van der Waals surface area contributed by atoms with E-state index in [0.717, 1.165) is 22.4 Å². The molecule has 11 nitrogen and oxygen atoms in total. The number of unbranched alkanes of at least 4 members (excludes halogenated alkanes) is 1. The molecule has 0 aromatic heterocycles. The number of aliphatic hydroxyl groups excluding tert-OH is 3. The number of carbonyl (C=O) groups excluding carboxylic acids is 1. The van der Waals surface area contributed by atoms with Crippen LogP contribution in [0.2, 0.25) is 0 Å². The van der Waals surface area contributed by atoms with Gasteiger partial charge in [-0.15, -0.1) is 0 Å². The molecular weight excluding hydrogens is 628 g/mol. The van der Waals surface area contributed by atoms with E-state index in [2.05, 4.69) is 10.6 Å². The lowest BCUT2D eigenvalue weighted by Gasteiger charge is -2.28. The summed E-state index contributed by atoms with van der Waals surface area (Å²) >= 11 is 0. The number of amides is 1. The van der Waals surface area contributed by atoms with E-state index in [1.54, 1.807) is 32.4 Å². The van der Waals surface area contributed by atoms with Crippen molar-refractivity contribution in [2.45, 2.75) is 38.8 Å². The van der Waals surface area contributed by atoms with Gasteiger partial charge in [-0.25, -0.2) is 0 Å². The Bertz CT molecular complexity index is 1740. The largest absolute Gasteiger partial charge is 0.496 e. The minimum absolute atomic E-state index is 0.156. The van der Waals surface area contributed by atoms with Gasteiger partial charge in [-0.1, -0.05) is 30.4 Å². The summed E-state index contributed by atoms with van der Waals surface area (Å²) in [7, 11) is 4.65. The summed E-state index contributed by atoms with van der Waals surface area (Å²) in [5.41, 5.74) is 5.53. The van der Waals surface area contributed by atoms with E-state index in [1.165, 1.54) is 7.11 Å². The molecule has 5 rings (SSSR count). The molecule has 1 aliphatic heterocycles. The highest BCUT2D eigenvalue weighted by Crippen LogP contribution is 2.39. The number of anilines is 1. The molecule has 0 saturated heterocycles. The van der Waals surface area contributed by atoms with Gasteiger partial charge in [0.1, 0.15) is 17.7 Å². The molecule has 11 heteroatoms. The quantitative estimate of drug-likeness (QED) is 0.0770. The molecular formula is C38H42N2O9. The van der Waals surface area contributed by atoms with E-state index in [0.29, 0.717) is 77.1 Å². The fourth-order valence-electron chi connectivity index (χ4n) is 5.63. The number of ether oxygens (including phenoxy) is 5. The number of hydrogen-bond donors (Lipinski definition) is 5. The van der Waals surface area contributed by atoms with Crippen molar-refractivity contribution in [1.82, 2.24) is 5.32 Å².